The van der Waals surface area contributed by atoms with Gasteiger partial charge in [0.1, 0.15) is 6.17 Å². The lowest BCUT2D eigenvalue weighted by Gasteiger charge is -2.30. The highest BCUT2D eigenvalue weighted by atomic mass is 32.1. The van der Waals surface area contributed by atoms with Crippen molar-refractivity contribution in [1.82, 2.24) is 10.2 Å². The van der Waals surface area contributed by atoms with Gasteiger partial charge in [-0.15, -0.1) is 0 Å². The van der Waals surface area contributed by atoms with Crippen molar-refractivity contribution in [2.75, 3.05) is 6.54 Å². The van der Waals surface area contributed by atoms with Crippen molar-refractivity contribution >= 4 is 17.2 Å². The molecule has 0 radical (unpaired) electrons. The normalized spacial score (nSPS) is 28.5. The molecule has 0 aromatic carbocycles. The molecular weight excluding hydrogens is 280 g/mol. The molecule has 1 unspecified atom stereocenters. The van der Waals surface area contributed by atoms with Crippen molar-refractivity contribution < 1.29 is 4.79 Å². The lowest BCUT2D eigenvalue weighted by atomic mass is 9.83. The van der Waals surface area contributed by atoms with Crippen molar-refractivity contribution in [3.05, 3.63) is 22.4 Å². The Balaban J connectivity index is 1.55. The second-order valence-electron chi connectivity index (χ2n) is 6.98. The Morgan fingerprint density at radius 1 is 1.29 bits per heavy atom. The first-order valence-corrected chi connectivity index (χ1v) is 9.34. The molecule has 1 atom stereocenters. The van der Waals surface area contributed by atoms with Crippen LogP contribution in [0.3, 0.4) is 0 Å². The Labute approximate surface area is 130 Å². The zero-order valence-corrected chi connectivity index (χ0v) is 13.3. The van der Waals surface area contributed by atoms with Crippen molar-refractivity contribution in [2.45, 2.75) is 63.1 Å². The van der Waals surface area contributed by atoms with E-state index in [4.69, 9.17) is 0 Å². The van der Waals surface area contributed by atoms with Gasteiger partial charge in [-0.05, 0) is 47.6 Å². The molecule has 1 spiro atoms. The van der Waals surface area contributed by atoms with Crippen LogP contribution in [0.1, 0.15) is 63.1 Å². The van der Waals surface area contributed by atoms with E-state index in [1.54, 1.807) is 11.3 Å². The summed E-state index contributed by atoms with van der Waals surface area (Å²) >= 11 is 1.72. The van der Waals surface area contributed by atoms with E-state index in [1.165, 1.54) is 44.1 Å². The molecule has 114 valence electrons. The molecule has 2 heterocycles. The van der Waals surface area contributed by atoms with Gasteiger partial charge in [0.25, 0.3) is 0 Å². The fourth-order valence-electron chi connectivity index (χ4n) is 4.16. The average molecular weight is 304 g/mol. The van der Waals surface area contributed by atoms with Gasteiger partial charge in [-0.1, -0.05) is 32.1 Å². The van der Waals surface area contributed by atoms with Gasteiger partial charge in [0, 0.05) is 6.54 Å². The van der Waals surface area contributed by atoms with Gasteiger partial charge in [-0.25, -0.2) is 0 Å². The summed E-state index contributed by atoms with van der Waals surface area (Å²) in [4.78, 5) is 15.2. The third-order valence-electron chi connectivity index (χ3n) is 5.71. The molecule has 1 aliphatic heterocycles. The summed E-state index contributed by atoms with van der Waals surface area (Å²) in [5.74, 6) is 1.23. The average Bonchev–Trinajstić information content (AvgIpc) is 3.13. The molecule has 1 aromatic heterocycles. The molecular formula is C17H24N2OS. The topological polar surface area (TPSA) is 32.3 Å². The first kappa shape index (κ1) is 13.8. The molecule has 0 bridgehead atoms. The molecule has 2 aliphatic carbocycles. The number of thiophene rings is 1. The van der Waals surface area contributed by atoms with E-state index >= 15 is 0 Å². The van der Waals surface area contributed by atoms with Crippen LogP contribution < -0.4 is 5.32 Å². The van der Waals surface area contributed by atoms with Crippen LogP contribution in [-0.2, 0) is 4.79 Å². The maximum absolute atomic E-state index is 13.0. The predicted octanol–water partition coefficient (Wildman–Crippen LogP) is 3.68. The van der Waals surface area contributed by atoms with Crippen LogP contribution in [0, 0.1) is 5.92 Å². The minimum atomic E-state index is -0.244. The Hall–Kier alpha value is -0.870. The quantitative estimate of drug-likeness (QED) is 0.920. The minimum absolute atomic E-state index is 0.113. The van der Waals surface area contributed by atoms with E-state index in [0.717, 1.165) is 25.3 Å². The van der Waals surface area contributed by atoms with Gasteiger partial charge in [0.2, 0.25) is 5.91 Å². The van der Waals surface area contributed by atoms with E-state index in [2.05, 4.69) is 27.0 Å². The van der Waals surface area contributed by atoms with Gasteiger partial charge in [0.05, 0.1) is 5.54 Å². The van der Waals surface area contributed by atoms with E-state index in [1.807, 2.05) is 0 Å². The number of hydrogen-bond donors (Lipinski definition) is 1. The van der Waals surface area contributed by atoms with Crippen molar-refractivity contribution in [2.24, 2.45) is 5.92 Å². The molecule has 4 rings (SSSR count). The Morgan fingerprint density at radius 2 is 2.10 bits per heavy atom. The van der Waals surface area contributed by atoms with Crippen LogP contribution in [0.25, 0.3) is 0 Å². The molecule has 1 saturated heterocycles. The molecule has 3 nitrogen and oxygen atoms in total. The van der Waals surface area contributed by atoms with E-state index in [9.17, 15) is 4.79 Å². The zero-order valence-electron chi connectivity index (χ0n) is 12.5. The molecule has 2 saturated carbocycles. The van der Waals surface area contributed by atoms with Crippen LogP contribution in [0.5, 0.6) is 0 Å². The van der Waals surface area contributed by atoms with E-state index < -0.39 is 0 Å². The van der Waals surface area contributed by atoms with Crippen LogP contribution in [0.15, 0.2) is 16.8 Å². The lowest BCUT2D eigenvalue weighted by molar-refractivity contribution is -0.133. The summed E-state index contributed by atoms with van der Waals surface area (Å²) in [6, 6.07) is 2.17. The molecule has 1 aromatic rings. The van der Waals surface area contributed by atoms with Gasteiger partial charge >= 0.3 is 0 Å². The summed E-state index contributed by atoms with van der Waals surface area (Å²) in [6.45, 7) is 0.929. The number of nitrogens with one attached hydrogen (secondary N) is 1. The lowest BCUT2D eigenvalue weighted by Crippen LogP contribution is -2.44. The largest absolute Gasteiger partial charge is 0.321 e. The highest BCUT2D eigenvalue weighted by molar-refractivity contribution is 7.07. The standard InChI is InChI=1S/C17H24N2OS/c20-16-17(8-1-2-9-17)18-15(14-7-11-21-12-14)19(16)10-6-13-4-3-5-13/h7,11-13,15,18H,1-6,8-10H2. The molecule has 3 aliphatic rings. The maximum Gasteiger partial charge on any atom is 0.244 e. The van der Waals surface area contributed by atoms with Gasteiger partial charge in [-0.3, -0.25) is 10.1 Å². The van der Waals surface area contributed by atoms with Crippen LogP contribution in [0.2, 0.25) is 0 Å². The van der Waals surface area contributed by atoms with E-state index in [-0.39, 0.29) is 11.7 Å². The number of carbonyl (C=O) groups excluding carboxylic acids is 1. The summed E-state index contributed by atoms with van der Waals surface area (Å²) in [5, 5.41) is 8.02. The Morgan fingerprint density at radius 3 is 2.71 bits per heavy atom. The van der Waals surface area contributed by atoms with Crippen LogP contribution >= 0.6 is 11.3 Å². The second-order valence-corrected chi connectivity index (χ2v) is 7.76. The number of hydrogen-bond acceptors (Lipinski definition) is 3. The number of carbonyl (C=O) groups is 1. The summed E-state index contributed by atoms with van der Waals surface area (Å²) in [7, 11) is 0. The predicted molar refractivity (Wildman–Crippen MR) is 85.1 cm³/mol. The van der Waals surface area contributed by atoms with Gasteiger partial charge in [0.15, 0.2) is 0 Å². The minimum Gasteiger partial charge on any atom is -0.321 e. The number of rotatable bonds is 4. The summed E-state index contributed by atoms with van der Waals surface area (Å²) < 4.78 is 0. The number of amides is 1. The Bertz CT molecular complexity index is 503. The van der Waals surface area contributed by atoms with Crippen molar-refractivity contribution in [1.29, 1.82) is 0 Å². The second kappa shape index (κ2) is 5.40. The Kier molecular flexibility index (Phi) is 3.54. The molecule has 3 fully saturated rings. The SMILES string of the molecule is O=C1N(CCC2CCC2)C(c2ccsc2)NC12CCCC2. The smallest absolute Gasteiger partial charge is 0.244 e. The van der Waals surface area contributed by atoms with Crippen molar-refractivity contribution in [3.63, 3.8) is 0 Å². The highest BCUT2D eigenvalue weighted by Gasteiger charge is 2.52. The monoisotopic (exact) mass is 304 g/mol. The van der Waals surface area contributed by atoms with Crippen LogP contribution in [-0.4, -0.2) is 22.9 Å². The molecule has 21 heavy (non-hydrogen) atoms. The fourth-order valence-corrected chi connectivity index (χ4v) is 4.84. The van der Waals surface area contributed by atoms with E-state index in [0.29, 0.717) is 5.91 Å². The fraction of sp³-hybridized carbons (Fsp3) is 0.706. The highest BCUT2D eigenvalue weighted by Crippen LogP contribution is 2.42. The van der Waals surface area contributed by atoms with Gasteiger partial charge in [-0.2, -0.15) is 11.3 Å². The third kappa shape index (κ3) is 2.33. The summed E-state index contributed by atoms with van der Waals surface area (Å²) in [6.07, 6.45) is 9.82. The maximum atomic E-state index is 13.0. The van der Waals surface area contributed by atoms with Gasteiger partial charge < -0.3 is 4.90 Å². The first-order valence-electron chi connectivity index (χ1n) is 8.39. The molecule has 1 amide bonds. The molecule has 4 heteroatoms. The zero-order chi connectivity index (χ0) is 14.3. The molecule has 1 N–H and O–H groups in total. The number of nitrogens with zero attached hydrogens (tertiary/aromatic N) is 1. The summed E-state index contributed by atoms with van der Waals surface area (Å²) in [5.41, 5.74) is 1.03. The third-order valence-corrected chi connectivity index (χ3v) is 6.42. The first-order chi connectivity index (χ1) is 10.3. The van der Waals surface area contributed by atoms with Crippen LogP contribution in [0.4, 0.5) is 0 Å². The van der Waals surface area contributed by atoms with Crippen molar-refractivity contribution in [3.8, 4) is 0 Å².